The molecular formula is C24H29FN2O2. The zero-order valence-corrected chi connectivity index (χ0v) is 17.2. The first-order valence-corrected chi connectivity index (χ1v) is 10.4. The van der Waals surface area contributed by atoms with Crippen molar-refractivity contribution < 1.29 is 14.2 Å². The Hall–Kier alpha value is -2.24. The molecule has 4 nitrogen and oxygen atoms in total. The summed E-state index contributed by atoms with van der Waals surface area (Å²) in [5, 5.41) is 14.0. The number of rotatable bonds is 6. The highest BCUT2D eigenvalue weighted by atomic mass is 19.1. The van der Waals surface area contributed by atoms with Gasteiger partial charge in [0.15, 0.2) is 0 Å². The van der Waals surface area contributed by atoms with Gasteiger partial charge in [0.1, 0.15) is 5.82 Å². The summed E-state index contributed by atoms with van der Waals surface area (Å²) in [6.07, 6.45) is 13.4. The number of unbranched alkanes of at least 4 members (excludes halogenated alkanes) is 1. The lowest BCUT2D eigenvalue weighted by atomic mass is 9.63. The van der Waals surface area contributed by atoms with Crippen LogP contribution in [0.5, 0.6) is 0 Å². The minimum atomic E-state index is -0.284. The lowest BCUT2D eigenvalue weighted by Crippen LogP contribution is -2.51. The van der Waals surface area contributed by atoms with Gasteiger partial charge in [0.25, 0.3) is 0 Å². The first kappa shape index (κ1) is 20.0. The van der Waals surface area contributed by atoms with Crippen LogP contribution < -0.4 is 0 Å². The summed E-state index contributed by atoms with van der Waals surface area (Å²) in [5.41, 5.74) is 3.59. The number of ether oxygens (including phenoxy) is 1. The van der Waals surface area contributed by atoms with Crippen LogP contribution in [-0.4, -0.2) is 33.7 Å². The van der Waals surface area contributed by atoms with Gasteiger partial charge in [-0.25, -0.2) is 9.07 Å². The van der Waals surface area contributed by atoms with E-state index in [0.717, 1.165) is 49.1 Å². The van der Waals surface area contributed by atoms with Crippen molar-refractivity contribution in [1.82, 2.24) is 9.78 Å². The number of aliphatic hydroxyl groups excluding tert-OH is 1. The minimum Gasteiger partial charge on any atom is -0.392 e. The average Bonchev–Trinajstić information content (AvgIpc) is 3.16. The molecule has 0 fully saturated rings. The number of hydrogen-bond acceptors (Lipinski definition) is 3. The van der Waals surface area contributed by atoms with E-state index in [0.29, 0.717) is 6.61 Å². The second-order valence-electron chi connectivity index (χ2n) is 8.48. The van der Waals surface area contributed by atoms with E-state index < -0.39 is 0 Å². The number of aliphatic hydroxyl groups is 1. The van der Waals surface area contributed by atoms with Crippen LogP contribution in [0.25, 0.3) is 11.8 Å². The van der Waals surface area contributed by atoms with E-state index in [2.05, 4.69) is 37.2 Å². The molecule has 2 atom stereocenters. The predicted molar refractivity (Wildman–Crippen MR) is 112 cm³/mol. The third-order valence-electron chi connectivity index (χ3n) is 6.56. The molecule has 0 bridgehead atoms. The summed E-state index contributed by atoms with van der Waals surface area (Å²) in [6, 6.07) is 6.42. The number of hydrogen-bond donors (Lipinski definition) is 1. The third-order valence-corrected chi connectivity index (χ3v) is 6.56. The Bertz CT molecular complexity index is 931. The van der Waals surface area contributed by atoms with Crippen LogP contribution >= 0.6 is 0 Å². The van der Waals surface area contributed by atoms with Gasteiger partial charge in [-0.15, -0.1) is 0 Å². The van der Waals surface area contributed by atoms with Crippen molar-refractivity contribution >= 4 is 6.08 Å². The Kier molecular flexibility index (Phi) is 5.45. The van der Waals surface area contributed by atoms with Crippen LogP contribution in [0.2, 0.25) is 0 Å². The standard InChI is InChI=1S/C24H29FN2O2/c1-3-4-11-24(13-9-18(16-28)17-29-24)23(2)12-10-22-19(14-23)15-26-27(22)21-7-5-20(25)6-8-21/h5-10,12,15,28H,3-4,11,13-14,16-17H2,1-2H3/t23-,24-/m1/s1. The van der Waals surface area contributed by atoms with E-state index in [-0.39, 0.29) is 23.4 Å². The van der Waals surface area contributed by atoms with Crippen LogP contribution in [0.1, 0.15) is 50.8 Å². The quantitative estimate of drug-likeness (QED) is 0.710. The maximum atomic E-state index is 13.3. The second kappa shape index (κ2) is 7.88. The van der Waals surface area contributed by atoms with Crippen molar-refractivity contribution in [2.75, 3.05) is 13.2 Å². The molecule has 154 valence electrons. The van der Waals surface area contributed by atoms with Gasteiger partial charge >= 0.3 is 0 Å². The number of aromatic nitrogens is 2. The predicted octanol–water partition coefficient (Wildman–Crippen LogP) is 4.86. The maximum Gasteiger partial charge on any atom is 0.123 e. The normalized spacial score (nSPS) is 26.3. The summed E-state index contributed by atoms with van der Waals surface area (Å²) in [6.45, 7) is 5.03. The van der Waals surface area contributed by atoms with Gasteiger partial charge in [0.05, 0.1) is 36.4 Å². The number of benzene rings is 1. The number of nitrogens with zero attached hydrogens (tertiary/aromatic N) is 2. The minimum absolute atomic E-state index is 0.0605. The fourth-order valence-corrected chi connectivity index (χ4v) is 4.61. The second-order valence-corrected chi connectivity index (χ2v) is 8.48. The molecule has 29 heavy (non-hydrogen) atoms. The zero-order chi connectivity index (χ0) is 20.5. The lowest BCUT2D eigenvalue weighted by Gasteiger charge is -2.50. The SMILES string of the molecule is CCCC[C@]1([C@]2(C)C=Cc3c(cnn3-c3ccc(F)cc3)C2)CC=C(CO)CO1. The molecule has 2 aliphatic rings. The molecule has 5 heteroatoms. The van der Waals surface area contributed by atoms with Crippen LogP contribution in [0, 0.1) is 11.2 Å². The van der Waals surface area contributed by atoms with Gasteiger partial charge in [-0.05, 0) is 60.7 Å². The first-order valence-electron chi connectivity index (χ1n) is 10.4. The van der Waals surface area contributed by atoms with E-state index in [1.54, 1.807) is 12.1 Å². The largest absolute Gasteiger partial charge is 0.392 e. The van der Waals surface area contributed by atoms with Crippen LogP contribution in [-0.2, 0) is 11.2 Å². The Morgan fingerprint density at radius 2 is 2.07 bits per heavy atom. The molecule has 0 saturated heterocycles. The smallest absolute Gasteiger partial charge is 0.123 e. The fourth-order valence-electron chi connectivity index (χ4n) is 4.61. The van der Waals surface area contributed by atoms with Crippen molar-refractivity contribution in [3.8, 4) is 5.69 Å². The molecular weight excluding hydrogens is 367 g/mol. The topological polar surface area (TPSA) is 47.3 Å². The molecule has 0 amide bonds. The molecule has 2 heterocycles. The highest BCUT2D eigenvalue weighted by molar-refractivity contribution is 5.57. The van der Waals surface area contributed by atoms with E-state index in [1.807, 2.05) is 10.9 Å². The van der Waals surface area contributed by atoms with Crippen molar-refractivity contribution in [3.05, 3.63) is 65.3 Å². The molecule has 2 aromatic rings. The van der Waals surface area contributed by atoms with Crippen molar-refractivity contribution in [2.24, 2.45) is 5.41 Å². The van der Waals surface area contributed by atoms with Crippen LogP contribution in [0.15, 0.2) is 48.2 Å². The lowest BCUT2D eigenvalue weighted by molar-refractivity contribution is -0.117. The number of halogens is 1. The Morgan fingerprint density at radius 3 is 2.72 bits per heavy atom. The van der Waals surface area contributed by atoms with Gasteiger partial charge in [-0.2, -0.15) is 5.10 Å². The first-order chi connectivity index (χ1) is 14.0. The highest BCUT2D eigenvalue weighted by Gasteiger charge is 2.49. The van der Waals surface area contributed by atoms with Crippen molar-refractivity contribution in [2.45, 2.75) is 51.6 Å². The molecule has 1 aromatic carbocycles. The van der Waals surface area contributed by atoms with Gasteiger partial charge < -0.3 is 9.84 Å². The van der Waals surface area contributed by atoms with Crippen molar-refractivity contribution in [3.63, 3.8) is 0 Å². The van der Waals surface area contributed by atoms with Crippen LogP contribution in [0.3, 0.4) is 0 Å². The van der Waals surface area contributed by atoms with E-state index >= 15 is 0 Å². The van der Waals surface area contributed by atoms with Gasteiger partial charge in [0, 0.05) is 5.41 Å². The molecule has 0 radical (unpaired) electrons. The molecule has 0 unspecified atom stereocenters. The molecule has 0 spiro atoms. The van der Waals surface area contributed by atoms with Gasteiger partial charge in [-0.1, -0.05) is 38.8 Å². The maximum absolute atomic E-state index is 13.3. The van der Waals surface area contributed by atoms with Gasteiger partial charge in [-0.3, -0.25) is 0 Å². The molecule has 4 rings (SSSR count). The average molecular weight is 397 g/mol. The summed E-state index contributed by atoms with van der Waals surface area (Å²) in [4.78, 5) is 0. The number of fused-ring (bicyclic) bond motifs is 1. The Morgan fingerprint density at radius 1 is 1.28 bits per heavy atom. The molecule has 1 aromatic heterocycles. The zero-order valence-electron chi connectivity index (χ0n) is 17.2. The molecule has 1 aliphatic heterocycles. The Balaban J connectivity index is 1.66. The van der Waals surface area contributed by atoms with Crippen molar-refractivity contribution in [1.29, 1.82) is 0 Å². The summed E-state index contributed by atoms with van der Waals surface area (Å²) >= 11 is 0. The Labute approximate surface area is 171 Å². The third kappa shape index (κ3) is 3.58. The highest BCUT2D eigenvalue weighted by Crippen LogP contribution is 2.49. The summed E-state index contributed by atoms with van der Waals surface area (Å²) in [5.74, 6) is -0.250. The molecule has 0 saturated carbocycles. The van der Waals surface area contributed by atoms with E-state index in [1.165, 1.54) is 17.7 Å². The summed E-state index contributed by atoms with van der Waals surface area (Å²) in [7, 11) is 0. The van der Waals surface area contributed by atoms with Crippen LogP contribution in [0.4, 0.5) is 4.39 Å². The van der Waals surface area contributed by atoms with E-state index in [4.69, 9.17) is 4.74 Å². The fraction of sp³-hybridized carbons (Fsp3) is 0.458. The van der Waals surface area contributed by atoms with Gasteiger partial charge in [0.2, 0.25) is 0 Å². The summed E-state index contributed by atoms with van der Waals surface area (Å²) < 4.78 is 21.6. The van der Waals surface area contributed by atoms with E-state index in [9.17, 15) is 9.50 Å². The monoisotopic (exact) mass is 396 g/mol. The molecule has 1 aliphatic carbocycles. The molecule has 1 N–H and O–H groups in total.